The molecular formula is C11H13ClO3. The minimum atomic E-state index is -0.0221. The van der Waals surface area contributed by atoms with Gasteiger partial charge < -0.3 is 14.6 Å². The van der Waals surface area contributed by atoms with Crippen LogP contribution in [0.2, 0.25) is 0 Å². The second-order valence-corrected chi connectivity index (χ2v) is 3.07. The lowest BCUT2D eigenvalue weighted by Gasteiger charge is -2.10. The number of benzene rings is 1. The van der Waals surface area contributed by atoms with E-state index in [0.717, 1.165) is 5.56 Å². The fourth-order valence-corrected chi connectivity index (χ4v) is 1.18. The molecule has 0 heterocycles. The molecule has 0 aliphatic rings. The van der Waals surface area contributed by atoms with Crippen LogP contribution in [0, 0.1) is 0 Å². The van der Waals surface area contributed by atoms with Crippen LogP contribution in [-0.4, -0.2) is 18.8 Å². The maximum atomic E-state index is 8.97. The van der Waals surface area contributed by atoms with E-state index in [2.05, 4.69) is 0 Å². The first kappa shape index (κ1) is 11.9. The van der Waals surface area contributed by atoms with Gasteiger partial charge in [0.15, 0.2) is 11.5 Å². The molecule has 0 radical (unpaired) electrons. The van der Waals surface area contributed by atoms with Gasteiger partial charge in [-0.2, -0.15) is 0 Å². The molecule has 0 atom stereocenters. The summed E-state index contributed by atoms with van der Waals surface area (Å²) in [6.07, 6.45) is 1.67. The third kappa shape index (κ3) is 3.46. The van der Waals surface area contributed by atoms with Crippen LogP contribution < -0.4 is 9.47 Å². The van der Waals surface area contributed by atoms with Crippen molar-refractivity contribution in [1.29, 1.82) is 0 Å². The van der Waals surface area contributed by atoms with Gasteiger partial charge >= 0.3 is 0 Å². The van der Waals surface area contributed by atoms with Crippen LogP contribution in [0.15, 0.2) is 29.8 Å². The second kappa shape index (κ2) is 6.32. The third-order valence-corrected chi connectivity index (χ3v) is 2.01. The quantitative estimate of drug-likeness (QED) is 0.841. The average Bonchev–Trinajstić information content (AvgIpc) is 2.29. The fraction of sp³-hybridized carbons (Fsp3) is 0.273. The van der Waals surface area contributed by atoms with Crippen LogP contribution in [-0.2, 0) is 6.61 Å². The largest absolute Gasteiger partial charge is 0.493 e. The number of ether oxygens (including phenoxy) is 2. The van der Waals surface area contributed by atoms with E-state index in [0.29, 0.717) is 18.1 Å². The molecule has 0 aromatic heterocycles. The minimum absolute atomic E-state index is 0.0221. The van der Waals surface area contributed by atoms with E-state index in [-0.39, 0.29) is 6.61 Å². The van der Waals surface area contributed by atoms with Crippen molar-refractivity contribution in [3.8, 4) is 11.5 Å². The van der Waals surface area contributed by atoms with Crippen molar-refractivity contribution in [2.75, 3.05) is 13.7 Å². The molecule has 1 rings (SSSR count). The van der Waals surface area contributed by atoms with E-state index in [1.807, 2.05) is 0 Å². The van der Waals surface area contributed by atoms with Crippen LogP contribution in [0.3, 0.4) is 0 Å². The predicted octanol–water partition coefficient (Wildman–Crippen LogP) is 2.32. The standard InChI is InChI=1S/C11H13ClO3/c1-14-10-4-3-9(8-13)7-11(10)15-6-2-5-12/h2-5,7,13H,6,8H2,1H3/b5-2+. The van der Waals surface area contributed by atoms with E-state index in [9.17, 15) is 0 Å². The molecule has 1 aromatic rings. The average molecular weight is 229 g/mol. The van der Waals surface area contributed by atoms with Crippen molar-refractivity contribution in [2.45, 2.75) is 6.61 Å². The second-order valence-electron chi connectivity index (χ2n) is 2.82. The van der Waals surface area contributed by atoms with Gasteiger partial charge in [-0.15, -0.1) is 0 Å². The summed E-state index contributed by atoms with van der Waals surface area (Å²) < 4.78 is 10.5. The molecule has 0 unspecified atom stereocenters. The number of halogens is 1. The zero-order chi connectivity index (χ0) is 11.1. The monoisotopic (exact) mass is 228 g/mol. The van der Waals surface area contributed by atoms with Gasteiger partial charge in [-0.3, -0.25) is 0 Å². The lowest BCUT2D eigenvalue weighted by molar-refractivity contribution is 0.279. The summed E-state index contributed by atoms with van der Waals surface area (Å²) in [7, 11) is 1.57. The molecule has 15 heavy (non-hydrogen) atoms. The Morgan fingerprint density at radius 3 is 2.80 bits per heavy atom. The SMILES string of the molecule is COc1ccc(CO)cc1OC/C=C/Cl. The Bertz CT molecular complexity index is 337. The molecule has 0 bridgehead atoms. The molecule has 4 heteroatoms. The van der Waals surface area contributed by atoms with Gasteiger partial charge in [0, 0.05) is 5.54 Å². The van der Waals surface area contributed by atoms with Gasteiger partial charge in [0.1, 0.15) is 6.61 Å². The molecule has 0 amide bonds. The predicted molar refractivity (Wildman–Crippen MR) is 59.4 cm³/mol. The normalized spacial score (nSPS) is 10.6. The van der Waals surface area contributed by atoms with Crippen LogP contribution in [0.4, 0.5) is 0 Å². The highest BCUT2D eigenvalue weighted by molar-refractivity contribution is 6.25. The highest BCUT2D eigenvalue weighted by atomic mass is 35.5. The van der Waals surface area contributed by atoms with E-state index in [1.165, 1.54) is 5.54 Å². The Labute approximate surface area is 93.9 Å². The van der Waals surface area contributed by atoms with Gasteiger partial charge in [0.05, 0.1) is 13.7 Å². The highest BCUT2D eigenvalue weighted by Crippen LogP contribution is 2.27. The number of hydrogen-bond donors (Lipinski definition) is 1. The van der Waals surface area contributed by atoms with Gasteiger partial charge in [-0.1, -0.05) is 17.7 Å². The van der Waals surface area contributed by atoms with Crippen LogP contribution in [0.5, 0.6) is 11.5 Å². The van der Waals surface area contributed by atoms with Gasteiger partial charge in [0.2, 0.25) is 0 Å². The first-order chi connectivity index (χ1) is 7.31. The van der Waals surface area contributed by atoms with Crippen molar-refractivity contribution in [3.63, 3.8) is 0 Å². The number of methoxy groups -OCH3 is 1. The van der Waals surface area contributed by atoms with E-state index < -0.39 is 0 Å². The minimum Gasteiger partial charge on any atom is -0.493 e. The van der Waals surface area contributed by atoms with Crippen LogP contribution in [0.1, 0.15) is 5.56 Å². The first-order valence-corrected chi connectivity index (χ1v) is 4.91. The number of aliphatic hydroxyl groups excluding tert-OH is 1. The molecule has 0 saturated heterocycles. The fourth-order valence-electron chi connectivity index (χ4n) is 1.11. The van der Waals surface area contributed by atoms with Crippen molar-refractivity contribution < 1.29 is 14.6 Å². The van der Waals surface area contributed by atoms with E-state index in [1.54, 1.807) is 31.4 Å². The molecule has 0 saturated carbocycles. The summed E-state index contributed by atoms with van der Waals surface area (Å²) >= 11 is 5.37. The maximum absolute atomic E-state index is 8.97. The summed E-state index contributed by atoms with van der Waals surface area (Å²) in [5.74, 6) is 1.23. The Hall–Kier alpha value is -1.19. The topological polar surface area (TPSA) is 38.7 Å². The zero-order valence-electron chi connectivity index (χ0n) is 8.44. The number of aliphatic hydroxyl groups is 1. The lowest BCUT2D eigenvalue weighted by atomic mass is 10.2. The summed E-state index contributed by atoms with van der Waals surface area (Å²) in [6, 6.07) is 5.27. The smallest absolute Gasteiger partial charge is 0.161 e. The number of rotatable bonds is 5. The Balaban J connectivity index is 2.81. The Morgan fingerprint density at radius 2 is 2.20 bits per heavy atom. The van der Waals surface area contributed by atoms with Crippen LogP contribution in [0.25, 0.3) is 0 Å². The first-order valence-electron chi connectivity index (χ1n) is 4.47. The van der Waals surface area contributed by atoms with E-state index >= 15 is 0 Å². The van der Waals surface area contributed by atoms with Gasteiger partial charge in [0.25, 0.3) is 0 Å². The van der Waals surface area contributed by atoms with E-state index in [4.69, 9.17) is 26.2 Å². The number of hydrogen-bond acceptors (Lipinski definition) is 3. The summed E-state index contributed by atoms with van der Waals surface area (Å²) in [5.41, 5.74) is 2.17. The zero-order valence-corrected chi connectivity index (χ0v) is 9.20. The molecule has 0 aliphatic heterocycles. The molecule has 0 fully saturated rings. The van der Waals surface area contributed by atoms with Crippen molar-refractivity contribution >= 4 is 11.6 Å². The Morgan fingerprint density at radius 1 is 1.40 bits per heavy atom. The summed E-state index contributed by atoms with van der Waals surface area (Å²) in [5, 5.41) is 8.97. The van der Waals surface area contributed by atoms with Crippen molar-refractivity contribution in [2.24, 2.45) is 0 Å². The molecular weight excluding hydrogens is 216 g/mol. The molecule has 1 aromatic carbocycles. The van der Waals surface area contributed by atoms with Crippen molar-refractivity contribution in [1.82, 2.24) is 0 Å². The molecule has 1 N–H and O–H groups in total. The summed E-state index contributed by atoms with van der Waals surface area (Å²) in [6.45, 7) is 0.348. The molecule has 82 valence electrons. The molecule has 0 aliphatic carbocycles. The molecule has 0 spiro atoms. The van der Waals surface area contributed by atoms with Crippen molar-refractivity contribution in [3.05, 3.63) is 35.4 Å². The highest BCUT2D eigenvalue weighted by Gasteiger charge is 2.04. The van der Waals surface area contributed by atoms with Gasteiger partial charge in [-0.05, 0) is 23.8 Å². The maximum Gasteiger partial charge on any atom is 0.161 e. The lowest BCUT2D eigenvalue weighted by Crippen LogP contribution is -1.97. The summed E-state index contributed by atoms with van der Waals surface area (Å²) in [4.78, 5) is 0. The van der Waals surface area contributed by atoms with Gasteiger partial charge in [-0.25, -0.2) is 0 Å². The third-order valence-electron chi connectivity index (χ3n) is 1.83. The Kier molecular flexibility index (Phi) is 5.01. The van der Waals surface area contributed by atoms with Crippen LogP contribution >= 0.6 is 11.6 Å². The molecule has 3 nitrogen and oxygen atoms in total.